The molecule has 0 bridgehead atoms. The van der Waals surface area contributed by atoms with Crippen molar-refractivity contribution in [2.75, 3.05) is 5.32 Å². The fraction of sp³-hybridized carbons (Fsp3) is 0.0556. The van der Waals surface area contributed by atoms with Crippen molar-refractivity contribution in [2.24, 2.45) is 0 Å². The number of carbonyl (C=O) groups excluding carboxylic acids is 1. The van der Waals surface area contributed by atoms with Gasteiger partial charge in [0.25, 0.3) is 5.91 Å². The predicted molar refractivity (Wildman–Crippen MR) is 99.4 cm³/mol. The summed E-state index contributed by atoms with van der Waals surface area (Å²) in [6, 6.07) is 12.4. The number of nitrogens with zero attached hydrogens (tertiary/aromatic N) is 2. The Balaban J connectivity index is 1.70. The maximum atomic E-state index is 12.3. The summed E-state index contributed by atoms with van der Waals surface area (Å²) in [7, 11) is 0. The van der Waals surface area contributed by atoms with E-state index in [1.807, 2.05) is 12.1 Å². The van der Waals surface area contributed by atoms with E-state index >= 15 is 0 Å². The van der Waals surface area contributed by atoms with Crippen LogP contribution in [0.2, 0.25) is 10.0 Å². The first-order valence-corrected chi connectivity index (χ1v) is 8.23. The van der Waals surface area contributed by atoms with Crippen LogP contribution in [0.3, 0.4) is 0 Å². The average Bonchev–Trinajstić information content (AvgIpc) is 2.64. The molecule has 3 aromatic rings. The molecule has 126 valence electrons. The summed E-state index contributed by atoms with van der Waals surface area (Å²) in [5.74, 6) is -0.266. The van der Waals surface area contributed by atoms with E-state index in [1.165, 1.54) is 0 Å². The number of aromatic nitrogens is 2. The molecule has 25 heavy (non-hydrogen) atoms. The lowest BCUT2D eigenvalue weighted by Crippen LogP contribution is -2.23. The molecule has 2 heterocycles. The summed E-state index contributed by atoms with van der Waals surface area (Å²) in [5, 5.41) is 6.84. The second-order valence-corrected chi connectivity index (χ2v) is 5.98. The summed E-state index contributed by atoms with van der Waals surface area (Å²) in [4.78, 5) is 20.3. The van der Waals surface area contributed by atoms with Crippen molar-refractivity contribution in [1.82, 2.24) is 15.3 Å². The van der Waals surface area contributed by atoms with Crippen LogP contribution >= 0.6 is 23.2 Å². The lowest BCUT2D eigenvalue weighted by molar-refractivity contribution is 0.0946. The molecule has 5 nitrogen and oxygen atoms in total. The van der Waals surface area contributed by atoms with Gasteiger partial charge in [0.05, 0.1) is 15.7 Å². The SMILES string of the molecule is O=C(NCc1ccncc1)c1cc(Nc2cccc(Cl)c2Cl)ccn1. The van der Waals surface area contributed by atoms with Crippen LogP contribution in [-0.2, 0) is 6.54 Å². The monoisotopic (exact) mass is 372 g/mol. The van der Waals surface area contributed by atoms with Crippen molar-refractivity contribution in [2.45, 2.75) is 6.54 Å². The van der Waals surface area contributed by atoms with Crippen LogP contribution in [0.25, 0.3) is 0 Å². The van der Waals surface area contributed by atoms with Crippen LogP contribution < -0.4 is 10.6 Å². The summed E-state index contributed by atoms with van der Waals surface area (Å²) in [6.07, 6.45) is 4.92. The third-order valence-corrected chi connectivity index (χ3v) is 4.24. The van der Waals surface area contributed by atoms with Crippen molar-refractivity contribution in [3.05, 3.63) is 82.4 Å². The van der Waals surface area contributed by atoms with E-state index in [-0.39, 0.29) is 5.91 Å². The summed E-state index contributed by atoms with van der Waals surface area (Å²) in [6.45, 7) is 0.404. The number of benzene rings is 1. The van der Waals surface area contributed by atoms with Crippen molar-refractivity contribution in [3.8, 4) is 0 Å². The van der Waals surface area contributed by atoms with E-state index in [0.717, 1.165) is 5.56 Å². The first kappa shape index (κ1) is 17.2. The molecule has 0 atom stereocenters. The van der Waals surface area contributed by atoms with Crippen LogP contribution in [0.5, 0.6) is 0 Å². The Kier molecular flexibility index (Phi) is 5.48. The van der Waals surface area contributed by atoms with Gasteiger partial charge in [0.15, 0.2) is 0 Å². The standard InChI is InChI=1S/C18H14Cl2N4O/c19-14-2-1-3-15(17(14)20)24-13-6-9-22-16(10-13)18(25)23-11-12-4-7-21-8-5-12/h1-10H,11H2,(H,22,24)(H,23,25). The molecule has 1 amide bonds. The number of carbonyl (C=O) groups is 1. The minimum atomic E-state index is -0.266. The van der Waals surface area contributed by atoms with Gasteiger partial charge in [-0.15, -0.1) is 0 Å². The summed E-state index contributed by atoms with van der Waals surface area (Å²) < 4.78 is 0. The number of anilines is 2. The van der Waals surface area contributed by atoms with Crippen molar-refractivity contribution in [3.63, 3.8) is 0 Å². The Labute approximate surface area is 155 Å². The van der Waals surface area contributed by atoms with Gasteiger partial charge in [0.2, 0.25) is 0 Å². The molecule has 0 spiro atoms. The number of nitrogens with one attached hydrogen (secondary N) is 2. The molecular formula is C18H14Cl2N4O. The molecular weight excluding hydrogens is 359 g/mol. The molecule has 0 saturated heterocycles. The van der Waals surface area contributed by atoms with Crippen LogP contribution in [0.15, 0.2) is 61.1 Å². The van der Waals surface area contributed by atoms with Gasteiger partial charge in [-0.2, -0.15) is 0 Å². The molecule has 1 aromatic carbocycles. The topological polar surface area (TPSA) is 66.9 Å². The fourth-order valence-corrected chi connectivity index (χ4v) is 2.51. The van der Waals surface area contributed by atoms with Crippen LogP contribution in [0.4, 0.5) is 11.4 Å². The average molecular weight is 373 g/mol. The van der Waals surface area contributed by atoms with Crippen molar-refractivity contribution in [1.29, 1.82) is 0 Å². The molecule has 0 aliphatic carbocycles. The number of hydrogen-bond acceptors (Lipinski definition) is 4. The Morgan fingerprint density at radius 2 is 1.84 bits per heavy atom. The zero-order valence-electron chi connectivity index (χ0n) is 13.0. The zero-order chi connectivity index (χ0) is 17.6. The molecule has 0 fully saturated rings. The van der Waals surface area contributed by atoms with Gasteiger partial charge in [-0.05, 0) is 42.0 Å². The molecule has 2 N–H and O–H groups in total. The molecule has 0 unspecified atom stereocenters. The minimum absolute atomic E-state index is 0.266. The number of halogens is 2. The Hall–Kier alpha value is -2.63. The Bertz CT molecular complexity index is 887. The van der Waals surface area contributed by atoms with Gasteiger partial charge in [0.1, 0.15) is 5.69 Å². The molecule has 0 aliphatic heterocycles. The number of rotatable bonds is 5. The quantitative estimate of drug-likeness (QED) is 0.693. The van der Waals surface area contributed by atoms with Crippen LogP contribution in [0, 0.1) is 0 Å². The number of amides is 1. The van der Waals surface area contributed by atoms with Gasteiger partial charge >= 0.3 is 0 Å². The highest BCUT2D eigenvalue weighted by molar-refractivity contribution is 6.43. The molecule has 0 aliphatic rings. The molecule has 7 heteroatoms. The lowest BCUT2D eigenvalue weighted by atomic mass is 10.2. The first-order chi connectivity index (χ1) is 12.1. The van der Waals surface area contributed by atoms with E-state index in [9.17, 15) is 4.79 Å². The van der Waals surface area contributed by atoms with Crippen molar-refractivity contribution >= 4 is 40.5 Å². The van der Waals surface area contributed by atoms with E-state index < -0.39 is 0 Å². The van der Waals surface area contributed by atoms with E-state index in [1.54, 1.807) is 48.9 Å². The van der Waals surface area contributed by atoms with Crippen LogP contribution in [0.1, 0.15) is 16.1 Å². The fourth-order valence-electron chi connectivity index (χ4n) is 2.16. The van der Waals surface area contributed by atoms with Gasteiger partial charge in [0, 0.05) is 30.8 Å². The van der Waals surface area contributed by atoms with E-state index in [0.29, 0.717) is 33.7 Å². The molecule has 0 saturated carbocycles. The van der Waals surface area contributed by atoms with Crippen LogP contribution in [-0.4, -0.2) is 15.9 Å². The number of hydrogen-bond donors (Lipinski definition) is 2. The summed E-state index contributed by atoms with van der Waals surface area (Å²) >= 11 is 12.2. The lowest BCUT2D eigenvalue weighted by Gasteiger charge is -2.10. The highest BCUT2D eigenvalue weighted by Gasteiger charge is 2.09. The van der Waals surface area contributed by atoms with E-state index in [2.05, 4.69) is 20.6 Å². The minimum Gasteiger partial charge on any atom is -0.354 e. The maximum absolute atomic E-state index is 12.3. The normalized spacial score (nSPS) is 10.3. The Morgan fingerprint density at radius 3 is 2.64 bits per heavy atom. The zero-order valence-corrected chi connectivity index (χ0v) is 14.6. The first-order valence-electron chi connectivity index (χ1n) is 7.47. The second-order valence-electron chi connectivity index (χ2n) is 5.19. The van der Waals surface area contributed by atoms with Gasteiger partial charge in [-0.25, -0.2) is 0 Å². The molecule has 0 radical (unpaired) electrons. The molecule has 3 rings (SSSR count). The third-order valence-electron chi connectivity index (χ3n) is 3.43. The molecule has 2 aromatic heterocycles. The Morgan fingerprint density at radius 1 is 1.04 bits per heavy atom. The second kappa shape index (κ2) is 7.96. The number of pyridine rings is 2. The van der Waals surface area contributed by atoms with Gasteiger partial charge < -0.3 is 10.6 Å². The largest absolute Gasteiger partial charge is 0.354 e. The smallest absolute Gasteiger partial charge is 0.270 e. The van der Waals surface area contributed by atoms with Gasteiger partial charge in [-0.1, -0.05) is 29.3 Å². The maximum Gasteiger partial charge on any atom is 0.270 e. The van der Waals surface area contributed by atoms with Gasteiger partial charge in [-0.3, -0.25) is 14.8 Å². The summed E-state index contributed by atoms with van der Waals surface area (Å²) in [5.41, 5.74) is 2.61. The highest BCUT2D eigenvalue weighted by atomic mass is 35.5. The predicted octanol–water partition coefficient (Wildman–Crippen LogP) is 4.46. The van der Waals surface area contributed by atoms with E-state index in [4.69, 9.17) is 23.2 Å². The third kappa shape index (κ3) is 4.47. The highest BCUT2D eigenvalue weighted by Crippen LogP contribution is 2.31. The van der Waals surface area contributed by atoms with Crippen molar-refractivity contribution < 1.29 is 4.79 Å².